The Kier molecular flexibility index (Phi) is 3.20. The first-order valence-electron chi connectivity index (χ1n) is 3.72. The third kappa shape index (κ3) is 2.60. The van der Waals surface area contributed by atoms with Gasteiger partial charge in [0.1, 0.15) is 0 Å². The van der Waals surface area contributed by atoms with Crippen LogP contribution in [0.2, 0.25) is 0 Å². The molecule has 1 aromatic rings. The topological polar surface area (TPSA) is 49.7 Å². The van der Waals surface area contributed by atoms with Gasteiger partial charge in [0.05, 0.1) is 5.56 Å². The van der Waals surface area contributed by atoms with Crippen LogP contribution in [0.5, 0.6) is 5.75 Å². The maximum Gasteiger partial charge on any atom is 0.492 e. The Morgan fingerprint density at radius 1 is 1.20 bits per heavy atom. The van der Waals surface area contributed by atoms with Crippen molar-refractivity contribution in [3.8, 4) is 5.75 Å². The minimum atomic E-state index is -4.64. The summed E-state index contributed by atoms with van der Waals surface area (Å²) in [5.74, 6) is -0.669. The number of rotatable bonds is 2. The molecule has 0 spiro atoms. The molecule has 0 fully saturated rings. The minimum Gasteiger partial charge on any atom is -0.423 e. The van der Waals surface area contributed by atoms with Gasteiger partial charge in [0.15, 0.2) is 5.75 Å². The van der Waals surface area contributed by atoms with E-state index in [1.807, 2.05) is 0 Å². The third-order valence-electron chi connectivity index (χ3n) is 1.70. The monoisotopic (exact) mass is 224 g/mol. The van der Waals surface area contributed by atoms with Crippen molar-refractivity contribution in [1.29, 1.82) is 0 Å². The van der Waals surface area contributed by atoms with Gasteiger partial charge < -0.3 is 10.0 Å². The van der Waals surface area contributed by atoms with Gasteiger partial charge in [-0.25, -0.2) is 0 Å². The van der Waals surface area contributed by atoms with Gasteiger partial charge in [-0.1, -0.05) is 0 Å². The van der Waals surface area contributed by atoms with Crippen molar-refractivity contribution in [2.75, 3.05) is 0 Å². The predicted octanol–water partition coefficient (Wildman–Crippen LogP) is 0.649. The maximum absolute atomic E-state index is 12.2. The lowest BCUT2D eigenvalue weighted by Crippen LogP contribution is -2.32. The number of alkyl halides is 3. The Hall–Kier alpha value is -1.28. The average molecular weight is 224 g/mol. The summed E-state index contributed by atoms with van der Waals surface area (Å²) in [6, 6.07) is 1.64. The average Bonchev–Trinajstić information content (AvgIpc) is 2.15. The highest BCUT2D eigenvalue weighted by atomic mass is 19.4. The number of hydrogen-bond donors (Lipinski definition) is 2. The lowest BCUT2D eigenvalue weighted by molar-refractivity contribution is -0.137. The quantitative estimate of drug-likeness (QED) is 0.572. The normalized spacial score (nSPS) is 11.3. The molecule has 0 saturated heterocycles. The van der Waals surface area contributed by atoms with E-state index < -0.39 is 30.1 Å². The van der Waals surface area contributed by atoms with Crippen LogP contribution in [0.25, 0.3) is 0 Å². The molecule has 0 aliphatic rings. The number of halogens is 4. The first-order valence-corrected chi connectivity index (χ1v) is 3.72. The van der Waals surface area contributed by atoms with Crippen molar-refractivity contribution in [2.45, 2.75) is 6.18 Å². The second-order valence-electron chi connectivity index (χ2n) is 2.70. The molecule has 0 aromatic heterocycles. The highest BCUT2D eigenvalue weighted by Crippen LogP contribution is 2.29. The van der Waals surface area contributed by atoms with Crippen molar-refractivity contribution in [2.24, 2.45) is 0 Å². The van der Waals surface area contributed by atoms with Crippen molar-refractivity contribution in [1.82, 2.24) is 0 Å². The Labute approximate surface area is 82.0 Å². The predicted molar refractivity (Wildman–Crippen MR) is 43.0 cm³/mol. The number of hydrogen-bond acceptors (Lipinski definition) is 3. The third-order valence-corrected chi connectivity index (χ3v) is 1.70. The molecule has 3 nitrogen and oxygen atoms in total. The van der Waals surface area contributed by atoms with Crippen LogP contribution in [-0.2, 0) is 6.18 Å². The first kappa shape index (κ1) is 11.8. The van der Waals surface area contributed by atoms with Gasteiger partial charge in [0.2, 0.25) is 0 Å². The summed E-state index contributed by atoms with van der Waals surface area (Å²) in [4.78, 5) is 3.19. The summed E-state index contributed by atoms with van der Waals surface area (Å²) in [5.41, 5.74) is -1.81. The molecule has 8 heteroatoms. The summed E-state index contributed by atoms with van der Waals surface area (Å²) in [6.45, 7) is 0. The van der Waals surface area contributed by atoms with E-state index in [0.29, 0.717) is 18.2 Å². The van der Waals surface area contributed by atoms with Crippen molar-refractivity contribution < 1.29 is 32.7 Å². The Morgan fingerprint density at radius 3 is 2.20 bits per heavy atom. The molecule has 0 amide bonds. The lowest BCUT2D eigenvalue weighted by Gasteiger charge is -2.10. The zero-order valence-electron chi connectivity index (χ0n) is 7.12. The zero-order chi connectivity index (χ0) is 11.6. The fourth-order valence-electron chi connectivity index (χ4n) is 0.997. The lowest BCUT2D eigenvalue weighted by atomic mass is 9.78. The van der Waals surface area contributed by atoms with Crippen LogP contribution >= 0.6 is 0 Å². The van der Waals surface area contributed by atoms with Crippen molar-refractivity contribution in [3.05, 3.63) is 23.8 Å². The van der Waals surface area contributed by atoms with Gasteiger partial charge >= 0.3 is 13.3 Å². The van der Waals surface area contributed by atoms with E-state index in [2.05, 4.69) is 4.94 Å². The highest BCUT2D eigenvalue weighted by Gasteiger charge is 2.32. The summed E-state index contributed by atoms with van der Waals surface area (Å²) in [7, 11) is -2.24. The zero-order valence-corrected chi connectivity index (χ0v) is 7.12. The van der Waals surface area contributed by atoms with Crippen molar-refractivity contribution >= 4 is 12.6 Å². The fourth-order valence-corrected chi connectivity index (χ4v) is 0.997. The SMILES string of the molecule is OB(O)c1cc(C(F)(F)F)ccc1OF. The smallest absolute Gasteiger partial charge is 0.423 e. The minimum absolute atomic E-state index is 0.402. The molecule has 0 aliphatic heterocycles. The van der Waals surface area contributed by atoms with Gasteiger partial charge in [-0.15, -0.1) is 0 Å². The van der Waals surface area contributed by atoms with Crippen LogP contribution in [0.1, 0.15) is 5.56 Å². The summed E-state index contributed by atoms with van der Waals surface area (Å²) in [5, 5.41) is 17.3. The molecule has 1 aromatic carbocycles. The molecule has 0 bridgehead atoms. The molecule has 0 aliphatic carbocycles. The Morgan fingerprint density at radius 2 is 1.80 bits per heavy atom. The van der Waals surface area contributed by atoms with Gasteiger partial charge in [0.25, 0.3) is 0 Å². The molecule has 15 heavy (non-hydrogen) atoms. The van der Waals surface area contributed by atoms with Crippen LogP contribution in [0.15, 0.2) is 18.2 Å². The summed E-state index contributed by atoms with van der Waals surface area (Å²) in [6.07, 6.45) is -4.64. The standard InChI is InChI=1S/C7H5BF4O3/c9-7(10,11)4-1-2-6(15-12)5(3-4)8(13)14/h1-3,13-14H. The molecule has 0 unspecified atom stereocenters. The largest absolute Gasteiger partial charge is 0.492 e. The Balaban J connectivity index is 3.22. The molecule has 0 radical (unpaired) electrons. The van der Waals surface area contributed by atoms with Gasteiger partial charge in [-0.3, -0.25) is 4.94 Å². The molecule has 0 heterocycles. The van der Waals surface area contributed by atoms with Gasteiger partial charge in [-0.05, 0) is 18.2 Å². The fraction of sp³-hybridized carbons (Fsp3) is 0.143. The van der Waals surface area contributed by atoms with Gasteiger partial charge in [-0.2, -0.15) is 13.2 Å². The highest BCUT2D eigenvalue weighted by molar-refractivity contribution is 6.59. The van der Waals surface area contributed by atoms with E-state index in [0.717, 1.165) is 0 Å². The second-order valence-corrected chi connectivity index (χ2v) is 2.70. The van der Waals surface area contributed by atoms with Crippen LogP contribution in [0.3, 0.4) is 0 Å². The van der Waals surface area contributed by atoms with Crippen molar-refractivity contribution in [3.63, 3.8) is 0 Å². The molecule has 2 N–H and O–H groups in total. The molecule has 0 saturated carbocycles. The van der Waals surface area contributed by atoms with E-state index in [1.54, 1.807) is 0 Å². The molecule has 0 atom stereocenters. The van der Waals surface area contributed by atoms with E-state index in [-0.39, 0.29) is 0 Å². The summed E-state index contributed by atoms with van der Waals surface area (Å²) >= 11 is 0. The summed E-state index contributed by atoms with van der Waals surface area (Å²) < 4.78 is 48.3. The second kappa shape index (κ2) is 4.07. The molecular formula is C7H5BF4O3. The first-order chi connectivity index (χ1) is 6.86. The van der Waals surface area contributed by atoms with Crippen LogP contribution < -0.4 is 10.4 Å². The van der Waals surface area contributed by atoms with E-state index >= 15 is 0 Å². The van der Waals surface area contributed by atoms with E-state index in [9.17, 15) is 17.7 Å². The van der Waals surface area contributed by atoms with Crippen LogP contribution in [-0.4, -0.2) is 17.2 Å². The molecule has 82 valence electrons. The van der Waals surface area contributed by atoms with E-state index in [1.165, 1.54) is 0 Å². The van der Waals surface area contributed by atoms with Crippen LogP contribution in [0, 0.1) is 0 Å². The number of benzene rings is 1. The maximum atomic E-state index is 12.2. The van der Waals surface area contributed by atoms with Crippen LogP contribution in [0.4, 0.5) is 17.7 Å². The van der Waals surface area contributed by atoms with Gasteiger partial charge in [0, 0.05) is 9.99 Å². The molecule has 1 rings (SSSR count). The Bertz CT molecular complexity index is 353. The molecular weight excluding hydrogens is 219 g/mol. The van der Waals surface area contributed by atoms with E-state index in [4.69, 9.17) is 10.0 Å².